The second-order valence-corrected chi connectivity index (χ2v) is 5.96. The highest BCUT2D eigenvalue weighted by molar-refractivity contribution is 5.84. The van der Waals surface area contributed by atoms with Gasteiger partial charge < -0.3 is 10.4 Å². The largest absolute Gasteiger partial charge is 0.481 e. The normalized spacial score (nSPS) is 27.9. The lowest BCUT2D eigenvalue weighted by Gasteiger charge is -2.13. The number of carbonyl (C=O) groups excluding carboxylic acids is 1. The van der Waals surface area contributed by atoms with Crippen LogP contribution in [0.15, 0.2) is 24.3 Å². The smallest absolute Gasteiger partial charge is 0.305 e. The Morgan fingerprint density at radius 1 is 1.40 bits per heavy atom. The zero-order valence-electron chi connectivity index (χ0n) is 11.5. The Hall–Kier alpha value is -1.84. The minimum atomic E-state index is -0.878. The van der Waals surface area contributed by atoms with E-state index in [4.69, 9.17) is 5.11 Å². The second kappa shape index (κ2) is 4.93. The van der Waals surface area contributed by atoms with Crippen LogP contribution < -0.4 is 5.32 Å². The molecule has 0 heterocycles. The lowest BCUT2D eigenvalue weighted by atomic mass is 9.92. The maximum atomic E-state index is 12.3. The van der Waals surface area contributed by atoms with Crippen LogP contribution >= 0.6 is 0 Å². The number of amides is 1. The van der Waals surface area contributed by atoms with E-state index in [-0.39, 0.29) is 24.3 Å². The van der Waals surface area contributed by atoms with Gasteiger partial charge in [0.15, 0.2) is 0 Å². The quantitative estimate of drug-likeness (QED) is 0.881. The average Bonchev–Trinajstić information content (AvgIpc) is 3.12. The van der Waals surface area contributed by atoms with Gasteiger partial charge in [-0.05, 0) is 42.7 Å². The maximum Gasteiger partial charge on any atom is 0.305 e. The van der Waals surface area contributed by atoms with Gasteiger partial charge in [-0.3, -0.25) is 9.59 Å². The Bertz CT molecular complexity index is 554. The van der Waals surface area contributed by atoms with Gasteiger partial charge in [0.05, 0.1) is 6.42 Å². The summed E-state index contributed by atoms with van der Waals surface area (Å²) >= 11 is 0. The monoisotopic (exact) mass is 273 g/mol. The zero-order chi connectivity index (χ0) is 14.3. The van der Waals surface area contributed by atoms with Gasteiger partial charge in [0.1, 0.15) is 0 Å². The van der Waals surface area contributed by atoms with Crippen LogP contribution in [0.4, 0.5) is 0 Å². The van der Waals surface area contributed by atoms with Crippen molar-refractivity contribution in [2.75, 3.05) is 0 Å². The molecule has 3 rings (SSSR count). The summed E-state index contributed by atoms with van der Waals surface area (Å²) in [6.07, 6.45) is 2.09. The summed E-state index contributed by atoms with van der Waals surface area (Å²) in [6.45, 7) is 1.74. The average molecular weight is 273 g/mol. The molecule has 20 heavy (non-hydrogen) atoms. The van der Waals surface area contributed by atoms with Crippen molar-refractivity contribution in [3.63, 3.8) is 0 Å². The van der Waals surface area contributed by atoms with Gasteiger partial charge in [-0.1, -0.05) is 24.3 Å². The van der Waals surface area contributed by atoms with E-state index in [1.54, 1.807) is 6.92 Å². The van der Waals surface area contributed by atoms with Crippen LogP contribution in [0.2, 0.25) is 0 Å². The third-order valence-corrected chi connectivity index (χ3v) is 4.50. The highest BCUT2D eigenvalue weighted by atomic mass is 16.4. The zero-order valence-corrected chi connectivity index (χ0v) is 11.5. The lowest BCUT2D eigenvalue weighted by Crippen LogP contribution is -2.35. The van der Waals surface area contributed by atoms with E-state index in [1.165, 1.54) is 11.1 Å². The predicted molar refractivity (Wildman–Crippen MR) is 74.3 cm³/mol. The van der Waals surface area contributed by atoms with Crippen LogP contribution in [-0.4, -0.2) is 23.0 Å². The van der Waals surface area contributed by atoms with Crippen LogP contribution in [-0.2, 0) is 16.0 Å². The van der Waals surface area contributed by atoms with Crippen molar-refractivity contribution in [1.29, 1.82) is 0 Å². The predicted octanol–water partition coefficient (Wildman–Crippen LogP) is 1.94. The molecule has 0 bridgehead atoms. The first-order chi connectivity index (χ1) is 9.58. The molecule has 0 radical (unpaired) electrons. The van der Waals surface area contributed by atoms with Crippen molar-refractivity contribution in [3.05, 3.63) is 35.4 Å². The summed E-state index contributed by atoms with van der Waals surface area (Å²) in [7, 11) is 0. The van der Waals surface area contributed by atoms with Gasteiger partial charge in [-0.2, -0.15) is 0 Å². The summed E-state index contributed by atoms with van der Waals surface area (Å²) in [5.74, 6) is -0.0318. The molecule has 106 valence electrons. The van der Waals surface area contributed by atoms with E-state index >= 15 is 0 Å². The number of rotatable bonds is 4. The third kappa shape index (κ3) is 2.30. The Balaban J connectivity index is 1.67. The van der Waals surface area contributed by atoms with Gasteiger partial charge in [-0.25, -0.2) is 0 Å². The summed E-state index contributed by atoms with van der Waals surface area (Å²) in [5.41, 5.74) is 2.68. The number of aryl methyl sites for hydroxylation is 1. The van der Waals surface area contributed by atoms with Gasteiger partial charge in [0.25, 0.3) is 0 Å². The van der Waals surface area contributed by atoms with Crippen molar-refractivity contribution in [2.24, 2.45) is 11.8 Å². The number of carboxylic acid groups (broad SMARTS) is 1. The molecule has 2 aliphatic carbocycles. The molecule has 1 fully saturated rings. The highest BCUT2D eigenvalue weighted by Gasteiger charge is 2.56. The van der Waals surface area contributed by atoms with Crippen molar-refractivity contribution in [3.8, 4) is 0 Å². The summed E-state index contributed by atoms with van der Waals surface area (Å²) in [6, 6.07) is 8.04. The molecular formula is C16H19NO3. The number of hydrogen-bond acceptors (Lipinski definition) is 2. The van der Waals surface area contributed by atoms with Crippen LogP contribution in [0, 0.1) is 11.8 Å². The molecule has 2 aliphatic rings. The summed E-state index contributed by atoms with van der Waals surface area (Å²) in [4.78, 5) is 22.9. The van der Waals surface area contributed by atoms with E-state index in [1.807, 2.05) is 12.1 Å². The molecule has 4 nitrogen and oxygen atoms in total. The van der Waals surface area contributed by atoms with Crippen molar-refractivity contribution >= 4 is 11.9 Å². The van der Waals surface area contributed by atoms with Gasteiger partial charge >= 0.3 is 5.97 Å². The molecule has 4 unspecified atom stereocenters. The third-order valence-electron chi connectivity index (χ3n) is 4.50. The molecular weight excluding hydrogens is 254 g/mol. The number of nitrogens with one attached hydrogen (secondary N) is 1. The number of benzene rings is 1. The molecule has 1 amide bonds. The first-order valence-electron chi connectivity index (χ1n) is 7.18. The fourth-order valence-corrected chi connectivity index (χ4v) is 3.58. The van der Waals surface area contributed by atoms with E-state index in [0.29, 0.717) is 11.8 Å². The second-order valence-electron chi connectivity index (χ2n) is 5.96. The molecule has 1 aromatic carbocycles. The molecule has 0 saturated heterocycles. The number of hydrogen-bond donors (Lipinski definition) is 2. The number of fused-ring (bicyclic) bond motifs is 3. The fourth-order valence-electron chi connectivity index (χ4n) is 3.58. The molecule has 2 N–H and O–H groups in total. The molecule has 4 atom stereocenters. The first-order valence-corrected chi connectivity index (χ1v) is 7.18. The highest BCUT2D eigenvalue weighted by Crippen LogP contribution is 2.59. The maximum absolute atomic E-state index is 12.3. The van der Waals surface area contributed by atoms with E-state index in [9.17, 15) is 9.59 Å². The Morgan fingerprint density at radius 3 is 2.90 bits per heavy atom. The number of carboxylic acids is 1. The van der Waals surface area contributed by atoms with E-state index < -0.39 is 5.97 Å². The Morgan fingerprint density at radius 2 is 2.15 bits per heavy atom. The Labute approximate surface area is 118 Å². The summed E-state index contributed by atoms with van der Waals surface area (Å²) < 4.78 is 0. The van der Waals surface area contributed by atoms with Crippen LogP contribution in [0.25, 0.3) is 0 Å². The molecule has 0 aromatic heterocycles. The van der Waals surface area contributed by atoms with Gasteiger partial charge in [-0.15, -0.1) is 0 Å². The summed E-state index contributed by atoms with van der Waals surface area (Å²) in [5, 5.41) is 11.6. The Kier molecular flexibility index (Phi) is 3.24. The number of carbonyl (C=O) groups is 2. The standard InChI is InChI=1S/C16H19NO3/c1-9(8-13(18)19)17-16(20)15-12-7-6-10-4-2-3-5-11(10)14(12)15/h2-5,9,12,14-15H,6-8H2,1H3,(H,17,20)(H,18,19). The minimum Gasteiger partial charge on any atom is -0.481 e. The lowest BCUT2D eigenvalue weighted by molar-refractivity contribution is -0.137. The van der Waals surface area contributed by atoms with Gasteiger partial charge in [0, 0.05) is 12.0 Å². The minimum absolute atomic E-state index is 0.0189. The van der Waals surface area contributed by atoms with Crippen molar-refractivity contribution < 1.29 is 14.7 Å². The molecule has 0 spiro atoms. The fraction of sp³-hybridized carbons (Fsp3) is 0.500. The number of aliphatic carboxylic acids is 1. The first kappa shape index (κ1) is 13.2. The van der Waals surface area contributed by atoms with Crippen LogP contribution in [0.3, 0.4) is 0 Å². The SMILES string of the molecule is CC(CC(=O)O)NC(=O)C1C2CCc3ccccc3C21. The molecule has 1 aromatic rings. The topological polar surface area (TPSA) is 66.4 Å². The molecule has 0 aliphatic heterocycles. The van der Waals surface area contributed by atoms with Crippen molar-refractivity contribution in [1.82, 2.24) is 5.32 Å². The van der Waals surface area contributed by atoms with Gasteiger partial charge in [0.2, 0.25) is 5.91 Å². The van der Waals surface area contributed by atoms with E-state index in [2.05, 4.69) is 17.4 Å². The van der Waals surface area contributed by atoms with E-state index in [0.717, 1.165) is 12.8 Å². The van der Waals surface area contributed by atoms with Crippen LogP contribution in [0.5, 0.6) is 0 Å². The van der Waals surface area contributed by atoms with Crippen LogP contribution in [0.1, 0.15) is 36.8 Å². The molecule has 4 heteroatoms. The molecule has 1 saturated carbocycles. The van der Waals surface area contributed by atoms with Crippen molar-refractivity contribution in [2.45, 2.75) is 38.1 Å².